The van der Waals surface area contributed by atoms with Gasteiger partial charge in [0.05, 0.1) is 42.1 Å². The number of hydrogen-bond acceptors (Lipinski definition) is 9. The fraction of sp³-hybridized carbons (Fsp3) is 0.240. The number of nitrogens with one attached hydrogen (secondary N) is 3. The molecule has 4 aromatic rings. The Kier molecular flexibility index (Phi) is 6.05. The summed E-state index contributed by atoms with van der Waals surface area (Å²) in [4.78, 5) is 36.8. The maximum atomic E-state index is 13.3. The van der Waals surface area contributed by atoms with Gasteiger partial charge in [-0.05, 0) is 25.0 Å². The van der Waals surface area contributed by atoms with Crippen LogP contribution in [-0.4, -0.2) is 55.6 Å². The first-order chi connectivity index (χ1) is 20.3. The Morgan fingerprint density at radius 2 is 1.90 bits per heavy atom. The molecule has 0 saturated heterocycles. The van der Waals surface area contributed by atoms with Crippen molar-refractivity contribution in [2.24, 2.45) is 5.92 Å². The summed E-state index contributed by atoms with van der Waals surface area (Å²) >= 11 is 0. The molecule has 12 nitrogen and oxygen atoms in total. The van der Waals surface area contributed by atoms with Crippen molar-refractivity contribution in [3.05, 3.63) is 60.6 Å². The summed E-state index contributed by atoms with van der Waals surface area (Å²) in [5, 5.41) is 15.1. The lowest BCUT2D eigenvalue weighted by Gasteiger charge is -2.16. The van der Waals surface area contributed by atoms with Crippen molar-refractivity contribution in [2.45, 2.75) is 19.0 Å². The van der Waals surface area contributed by atoms with Gasteiger partial charge in [-0.3, -0.25) is 14.2 Å². The minimum Gasteiger partial charge on any atom is -0.494 e. The third kappa shape index (κ3) is 5.39. The van der Waals surface area contributed by atoms with Crippen LogP contribution in [0.2, 0.25) is 0 Å². The summed E-state index contributed by atoms with van der Waals surface area (Å²) in [6, 6.07) is 6.10. The van der Waals surface area contributed by atoms with E-state index in [1.807, 2.05) is 5.32 Å². The van der Waals surface area contributed by atoms with Crippen LogP contribution in [0.1, 0.15) is 33.3 Å². The molecule has 1 saturated carbocycles. The number of methoxy groups -OCH3 is 1. The zero-order valence-corrected chi connectivity index (χ0v) is 20.7. The number of hydrogen-bond donors (Lipinski definition) is 3. The van der Waals surface area contributed by atoms with Crippen LogP contribution in [0.25, 0.3) is 17.1 Å². The summed E-state index contributed by atoms with van der Waals surface area (Å²) in [5.74, 6) is -2.30. The van der Waals surface area contributed by atoms with E-state index in [1.165, 1.54) is 25.6 Å². The first kappa shape index (κ1) is 22.9. The molecule has 206 valence electrons. The van der Waals surface area contributed by atoms with Crippen molar-refractivity contribution in [3.8, 4) is 22.8 Å². The van der Waals surface area contributed by atoms with Gasteiger partial charge in [-0.15, -0.1) is 10.2 Å². The number of anilines is 3. The van der Waals surface area contributed by atoms with Gasteiger partial charge in [0.2, 0.25) is 11.7 Å². The third-order valence-corrected chi connectivity index (χ3v) is 5.86. The molecule has 0 spiro atoms. The number of carbonyl (C=O) groups is 2. The number of alkyl halides is 3. The molecule has 15 heteroatoms. The molecule has 3 N–H and O–H groups in total. The second-order valence-electron chi connectivity index (χ2n) is 8.60. The molecule has 0 unspecified atom stereocenters. The highest BCUT2D eigenvalue weighted by molar-refractivity contribution is 6.00. The smallest absolute Gasteiger partial charge is 0.450 e. The summed E-state index contributed by atoms with van der Waals surface area (Å²) in [5.41, 5.74) is 0.231. The Hall–Kier alpha value is -5.08. The van der Waals surface area contributed by atoms with Crippen LogP contribution in [-0.2, 0) is 11.0 Å². The zero-order valence-electron chi connectivity index (χ0n) is 23.7. The Labute approximate surface area is 229 Å². The molecule has 1 aliphatic carbocycles. The summed E-state index contributed by atoms with van der Waals surface area (Å²) < 4.78 is 68.3. The van der Waals surface area contributed by atoms with Gasteiger partial charge in [-0.25, -0.2) is 15.0 Å². The van der Waals surface area contributed by atoms with E-state index in [-0.39, 0.29) is 52.0 Å². The number of rotatable bonds is 8. The van der Waals surface area contributed by atoms with Crippen LogP contribution in [0, 0.1) is 5.92 Å². The fourth-order valence-electron chi connectivity index (χ4n) is 3.83. The minimum atomic E-state index is -4.69. The molecule has 2 amide bonds. The van der Waals surface area contributed by atoms with Crippen molar-refractivity contribution in [3.63, 3.8) is 0 Å². The molecule has 3 heterocycles. The van der Waals surface area contributed by atoms with Crippen LogP contribution in [0.3, 0.4) is 0 Å². The number of ether oxygens (including phenoxy) is 1. The van der Waals surface area contributed by atoms with Crippen LogP contribution in [0.15, 0.2) is 49.1 Å². The molecule has 0 radical (unpaired) electrons. The number of nitrogens with zero attached hydrogens (tertiary/aromatic N) is 6. The monoisotopic (exact) mass is 556 g/mol. The zero-order chi connectivity index (χ0) is 30.9. The van der Waals surface area contributed by atoms with Gasteiger partial charge in [-0.2, -0.15) is 13.2 Å². The fourth-order valence-corrected chi connectivity index (χ4v) is 3.83. The summed E-state index contributed by atoms with van der Waals surface area (Å²) in [7, 11) is 1.35. The van der Waals surface area contributed by atoms with E-state index < -0.39 is 24.9 Å². The third-order valence-electron chi connectivity index (χ3n) is 5.86. The lowest BCUT2D eigenvalue weighted by atomic mass is 10.1. The predicted octanol–water partition coefficient (Wildman–Crippen LogP) is 3.60. The molecular weight excluding hydrogens is 531 g/mol. The molecular formula is C25H22F3N9O3. The Morgan fingerprint density at radius 3 is 2.58 bits per heavy atom. The highest BCUT2D eigenvalue weighted by atomic mass is 19.4. The molecule has 0 aliphatic heterocycles. The number of amides is 2. The predicted molar refractivity (Wildman–Crippen MR) is 136 cm³/mol. The maximum absolute atomic E-state index is 13.3. The van der Waals surface area contributed by atoms with Crippen molar-refractivity contribution >= 4 is 29.0 Å². The number of carbonyl (C=O) groups excluding carboxylic acids is 2. The van der Waals surface area contributed by atoms with E-state index in [2.05, 4.69) is 35.8 Å². The van der Waals surface area contributed by atoms with Gasteiger partial charge < -0.3 is 20.7 Å². The molecule has 0 atom stereocenters. The standard InChI is InChI=1S/C25H22F3N9O3/c1-29-23(39)19-17(10-18(35-36-19)34-22(38)13-6-7-13)33-16-5-3-4-15(20(16)40-2)21-31-11-14(12-32-21)37-9-8-30-24(37)25(26,27)28/h3-5,8-13H,6-7H2,1-2H3,(H,29,39)(H2,33,34,35,38)/i1D3. The quantitative estimate of drug-likeness (QED) is 0.296. The van der Waals surface area contributed by atoms with Gasteiger partial charge in [0, 0.05) is 35.5 Å². The summed E-state index contributed by atoms with van der Waals surface area (Å²) in [6.07, 6.45) is 1.32. The second-order valence-corrected chi connectivity index (χ2v) is 8.60. The minimum absolute atomic E-state index is 0.00523. The summed E-state index contributed by atoms with van der Waals surface area (Å²) in [6.45, 7) is -2.81. The average molecular weight is 557 g/mol. The second kappa shape index (κ2) is 10.6. The largest absolute Gasteiger partial charge is 0.494 e. The SMILES string of the molecule is [2H]C([2H])([2H])NC(=O)c1nnc(NC(=O)C2CC2)cc1Nc1cccc(-c2ncc(-n3ccnc3C(F)(F)F)cn2)c1OC. The topological polar surface area (TPSA) is 149 Å². The Balaban J connectivity index is 1.49. The van der Waals surface area contributed by atoms with Crippen molar-refractivity contribution in [1.29, 1.82) is 0 Å². The number of para-hydroxylation sites is 1. The van der Waals surface area contributed by atoms with Crippen molar-refractivity contribution in [1.82, 2.24) is 35.0 Å². The lowest BCUT2D eigenvalue weighted by molar-refractivity contribution is -0.145. The first-order valence-corrected chi connectivity index (χ1v) is 11.7. The highest BCUT2D eigenvalue weighted by Gasteiger charge is 2.36. The maximum Gasteiger partial charge on any atom is 0.450 e. The molecule has 1 aliphatic rings. The van der Waals surface area contributed by atoms with E-state index in [0.717, 1.165) is 29.8 Å². The number of imidazole rings is 1. The van der Waals surface area contributed by atoms with Crippen LogP contribution < -0.4 is 20.7 Å². The van der Waals surface area contributed by atoms with Gasteiger partial charge in [0.25, 0.3) is 5.91 Å². The van der Waals surface area contributed by atoms with Gasteiger partial charge in [-0.1, -0.05) is 6.07 Å². The highest BCUT2D eigenvalue weighted by Crippen LogP contribution is 2.38. The lowest BCUT2D eigenvalue weighted by Crippen LogP contribution is -2.22. The molecule has 40 heavy (non-hydrogen) atoms. The van der Waals surface area contributed by atoms with Gasteiger partial charge in [0.15, 0.2) is 23.1 Å². The van der Waals surface area contributed by atoms with Crippen LogP contribution in [0.4, 0.5) is 30.4 Å². The number of halogens is 3. The van der Waals surface area contributed by atoms with E-state index >= 15 is 0 Å². The molecule has 1 aromatic carbocycles. The first-order valence-electron chi connectivity index (χ1n) is 13.2. The van der Waals surface area contributed by atoms with Crippen LogP contribution in [0.5, 0.6) is 5.75 Å². The normalized spacial score (nSPS) is 14.4. The van der Waals surface area contributed by atoms with Gasteiger partial charge in [0.1, 0.15) is 0 Å². The van der Waals surface area contributed by atoms with E-state index in [9.17, 15) is 22.8 Å². The Bertz CT molecular complexity index is 1670. The molecule has 3 aromatic heterocycles. The van der Waals surface area contributed by atoms with Crippen LogP contribution >= 0.6 is 0 Å². The molecule has 5 rings (SSSR count). The average Bonchev–Trinajstić information content (AvgIpc) is 3.67. The Morgan fingerprint density at radius 1 is 1.12 bits per heavy atom. The molecule has 1 fully saturated rings. The van der Waals surface area contributed by atoms with E-state index in [4.69, 9.17) is 8.85 Å². The van der Waals surface area contributed by atoms with Gasteiger partial charge >= 0.3 is 6.18 Å². The number of benzene rings is 1. The molecule has 0 bridgehead atoms. The van der Waals surface area contributed by atoms with Crippen molar-refractivity contribution in [2.75, 3.05) is 24.7 Å². The van der Waals surface area contributed by atoms with Crippen molar-refractivity contribution < 1.29 is 31.6 Å². The number of aromatic nitrogens is 6. The van der Waals surface area contributed by atoms with E-state index in [0.29, 0.717) is 5.56 Å². The van der Waals surface area contributed by atoms with E-state index in [1.54, 1.807) is 18.2 Å².